The van der Waals surface area contributed by atoms with E-state index in [1.165, 1.54) is 16.7 Å². The van der Waals surface area contributed by atoms with Crippen LogP contribution in [0.1, 0.15) is 22.4 Å². The SMILES string of the molecule is N#Cc1ccc(Cc2cnc(N)n2Cc2ccc(-c3ccccc3)cc2)cc1.O=C(O)C(F)(F)F. The monoisotopic (exact) mass is 478 g/mol. The highest BCUT2D eigenvalue weighted by Gasteiger charge is 2.38. The van der Waals surface area contributed by atoms with Crippen LogP contribution >= 0.6 is 0 Å². The zero-order chi connectivity index (χ0) is 25.4. The molecule has 35 heavy (non-hydrogen) atoms. The zero-order valence-electron chi connectivity index (χ0n) is 18.4. The molecule has 3 N–H and O–H groups in total. The highest BCUT2D eigenvalue weighted by atomic mass is 19.4. The standard InChI is InChI=1S/C24H20N4.C2HF3O2/c25-15-19-8-6-18(7-9-19)14-23-16-27-24(26)28(23)17-20-10-12-22(13-11-20)21-4-2-1-3-5-21;3-2(4,5)1(6)7/h1-13,16H,14,17H2,(H2,26,27);(H,6,7). The molecule has 0 aliphatic rings. The number of hydrogen-bond acceptors (Lipinski definition) is 4. The summed E-state index contributed by atoms with van der Waals surface area (Å²) in [5.41, 5.74) is 12.5. The number of carboxylic acids is 1. The Labute approximate surface area is 199 Å². The molecule has 0 spiro atoms. The molecular weight excluding hydrogens is 457 g/mol. The fourth-order valence-corrected chi connectivity index (χ4v) is 3.27. The van der Waals surface area contributed by atoms with Crippen LogP contribution in [0, 0.1) is 11.3 Å². The molecule has 0 saturated carbocycles. The van der Waals surface area contributed by atoms with Crippen molar-refractivity contribution < 1.29 is 23.1 Å². The van der Waals surface area contributed by atoms with Crippen molar-refractivity contribution in [3.05, 3.63) is 107 Å². The Hall–Kier alpha value is -4.58. The summed E-state index contributed by atoms with van der Waals surface area (Å²) in [5, 5.41) is 16.1. The van der Waals surface area contributed by atoms with E-state index in [9.17, 15) is 13.2 Å². The van der Waals surface area contributed by atoms with Crippen LogP contribution in [0.25, 0.3) is 11.1 Å². The quantitative estimate of drug-likeness (QED) is 0.406. The molecule has 4 aromatic rings. The number of carbonyl (C=O) groups is 1. The minimum atomic E-state index is -5.08. The fraction of sp³-hybridized carbons (Fsp3) is 0.115. The number of nitrogens with zero attached hydrogens (tertiary/aromatic N) is 3. The number of anilines is 1. The first-order chi connectivity index (χ1) is 16.7. The lowest BCUT2D eigenvalue weighted by Gasteiger charge is -2.11. The predicted octanol–water partition coefficient (Wildman–Crippen LogP) is 5.28. The molecule has 0 unspecified atom stereocenters. The predicted molar refractivity (Wildman–Crippen MR) is 125 cm³/mol. The van der Waals surface area contributed by atoms with Gasteiger partial charge in [-0.15, -0.1) is 0 Å². The van der Waals surface area contributed by atoms with Gasteiger partial charge < -0.3 is 15.4 Å². The Morgan fingerprint density at radius 2 is 1.49 bits per heavy atom. The van der Waals surface area contributed by atoms with Gasteiger partial charge in [0.2, 0.25) is 5.95 Å². The summed E-state index contributed by atoms with van der Waals surface area (Å²) in [5.74, 6) is -2.25. The maximum atomic E-state index is 10.6. The maximum Gasteiger partial charge on any atom is 0.490 e. The summed E-state index contributed by atoms with van der Waals surface area (Å²) in [6.07, 6.45) is -2.54. The number of halogens is 3. The molecule has 0 aliphatic heterocycles. The van der Waals surface area contributed by atoms with Crippen molar-refractivity contribution in [2.75, 3.05) is 5.73 Å². The van der Waals surface area contributed by atoms with Gasteiger partial charge in [0.05, 0.1) is 24.4 Å². The zero-order valence-corrected chi connectivity index (χ0v) is 18.4. The average Bonchev–Trinajstić information content (AvgIpc) is 3.19. The summed E-state index contributed by atoms with van der Waals surface area (Å²) in [7, 11) is 0. The summed E-state index contributed by atoms with van der Waals surface area (Å²) in [4.78, 5) is 13.2. The number of nitrogens with two attached hydrogens (primary N) is 1. The van der Waals surface area contributed by atoms with E-state index < -0.39 is 12.1 Å². The van der Waals surface area contributed by atoms with Crippen LogP contribution in [0.15, 0.2) is 85.1 Å². The van der Waals surface area contributed by atoms with Crippen LogP contribution in [0.5, 0.6) is 0 Å². The second-order valence-corrected chi connectivity index (χ2v) is 7.55. The van der Waals surface area contributed by atoms with Gasteiger partial charge in [-0.3, -0.25) is 0 Å². The number of nitrogen functional groups attached to an aromatic ring is 1. The van der Waals surface area contributed by atoms with Gasteiger partial charge in [-0.2, -0.15) is 18.4 Å². The molecule has 0 saturated heterocycles. The lowest BCUT2D eigenvalue weighted by Crippen LogP contribution is -2.21. The van der Waals surface area contributed by atoms with Crippen molar-refractivity contribution >= 4 is 11.9 Å². The van der Waals surface area contributed by atoms with E-state index in [2.05, 4.69) is 47.5 Å². The first-order valence-corrected chi connectivity index (χ1v) is 10.4. The van der Waals surface area contributed by atoms with Crippen molar-refractivity contribution in [3.63, 3.8) is 0 Å². The molecule has 0 atom stereocenters. The minimum absolute atomic E-state index is 0.510. The molecule has 6 nitrogen and oxygen atoms in total. The number of hydrogen-bond donors (Lipinski definition) is 2. The number of aliphatic carboxylic acids is 1. The summed E-state index contributed by atoms with van der Waals surface area (Å²) < 4.78 is 33.8. The van der Waals surface area contributed by atoms with Crippen LogP contribution in [0.3, 0.4) is 0 Å². The molecule has 0 radical (unpaired) electrons. The van der Waals surface area contributed by atoms with Crippen LogP contribution in [0.4, 0.5) is 19.1 Å². The van der Waals surface area contributed by atoms with Gasteiger partial charge in [-0.1, -0.05) is 66.7 Å². The van der Waals surface area contributed by atoms with Crippen LogP contribution in [-0.4, -0.2) is 26.8 Å². The van der Waals surface area contributed by atoms with Crippen molar-refractivity contribution in [1.29, 1.82) is 5.26 Å². The number of alkyl halides is 3. The van der Waals surface area contributed by atoms with E-state index in [-0.39, 0.29) is 0 Å². The smallest absolute Gasteiger partial charge is 0.475 e. The average molecular weight is 478 g/mol. The first kappa shape index (κ1) is 25.1. The molecule has 0 amide bonds. The number of nitriles is 1. The van der Waals surface area contributed by atoms with E-state index >= 15 is 0 Å². The van der Waals surface area contributed by atoms with Gasteiger partial charge in [0.25, 0.3) is 0 Å². The van der Waals surface area contributed by atoms with E-state index in [1.54, 1.807) is 0 Å². The molecule has 3 aromatic carbocycles. The third kappa shape index (κ3) is 6.95. The number of rotatable bonds is 5. The molecule has 178 valence electrons. The second kappa shape index (κ2) is 11.0. The maximum absolute atomic E-state index is 10.6. The Kier molecular flexibility index (Phi) is 7.89. The summed E-state index contributed by atoms with van der Waals surface area (Å²) in [6, 6.07) is 28.6. The van der Waals surface area contributed by atoms with Gasteiger partial charge in [-0.25, -0.2) is 9.78 Å². The van der Waals surface area contributed by atoms with Crippen molar-refractivity contribution in [3.8, 4) is 17.2 Å². The number of benzene rings is 3. The summed E-state index contributed by atoms with van der Waals surface area (Å²) >= 11 is 0. The van der Waals surface area contributed by atoms with Gasteiger partial charge in [0, 0.05) is 12.1 Å². The number of imidazole rings is 1. The van der Waals surface area contributed by atoms with E-state index in [4.69, 9.17) is 20.9 Å². The topological polar surface area (TPSA) is 105 Å². The highest BCUT2D eigenvalue weighted by molar-refractivity contribution is 5.73. The fourth-order valence-electron chi connectivity index (χ4n) is 3.27. The number of carboxylic acid groups (broad SMARTS) is 1. The van der Waals surface area contributed by atoms with E-state index in [0.717, 1.165) is 17.7 Å². The molecular formula is C26H21F3N4O2. The summed E-state index contributed by atoms with van der Waals surface area (Å²) in [6.45, 7) is 0.673. The Bertz CT molecular complexity index is 1310. The van der Waals surface area contributed by atoms with Crippen LogP contribution in [-0.2, 0) is 17.8 Å². The molecule has 0 fully saturated rings. The van der Waals surface area contributed by atoms with Gasteiger partial charge >= 0.3 is 12.1 Å². The third-order valence-electron chi connectivity index (χ3n) is 5.08. The van der Waals surface area contributed by atoms with Crippen LogP contribution in [0.2, 0.25) is 0 Å². The molecule has 9 heteroatoms. The van der Waals surface area contributed by atoms with Gasteiger partial charge in [0.15, 0.2) is 0 Å². The largest absolute Gasteiger partial charge is 0.490 e. The Morgan fingerprint density at radius 1 is 0.943 bits per heavy atom. The molecule has 1 aromatic heterocycles. The molecule has 0 aliphatic carbocycles. The van der Waals surface area contributed by atoms with Crippen molar-refractivity contribution in [2.24, 2.45) is 0 Å². The van der Waals surface area contributed by atoms with Crippen molar-refractivity contribution in [1.82, 2.24) is 9.55 Å². The lowest BCUT2D eigenvalue weighted by molar-refractivity contribution is -0.192. The van der Waals surface area contributed by atoms with Gasteiger partial charge in [0.1, 0.15) is 0 Å². The van der Waals surface area contributed by atoms with E-state index in [1.807, 2.05) is 53.2 Å². The minimum Gasteiger partial charge on any atom is -0.475 e. The highest BCUT2D eigenvalue weighted by Crippen LogP contribution is 2.21. The first-order valence-electron chi connectivity index (χ1n) is 10.4. The van der Waals surface area contributed by atoms with Crippen LogP contribution < -0.4 is 5.73 Å². The third-order valence-corrected chi connectivity index (χ3v) is 5.08. The van der Waals surface area contributed by atoms with Crippen molar-refractivity contribution in [2.45, 2.75) is 19.1 Å². The van der Waals surface area contributed by atoms with E-state index in [0.29, 0.717) is 18.1 Å². The molecule has 4 rings (SSSR count). The lowest BCUT2D eigenvalue weighted by atomic mass is 10.0. The number of aromatic nitrogens is 2. The normalized spacial score (nSPS) is 10.7. The second-order valence-electron chi connectivity index (χ2n) is 7.55. The Morgan fingerprint density at radius 3 is 2.03 bits per heavy atom. The Balaban J connectivity index is 0.000000429. The molecule has 1 heterocycles. The van der Waals surface area contributed by atoms with Gasteiger partial charge in [-0.05, 0) is 34.4 Å². The molecule has 0 bridgehead atoms.